The largest absolute Gasteiger partial charge is 0.385 e. The molecule has 0 aromatic carbocycles. The van der Waals surface area contributed by atoms with E-state index < -0.39 is 58.9 Å². The van der Waals surface area contributed by atoms with Crippen molar-refractivity contribution in [3.05, 3.63) is 0 Å². The van der Waals surface area contributed by atoms with Gasteiger partial charge in [0.15, 0.2) is 0 Å². The summed E-state index contributed by atoms with van der Waals surface area (Å²) in [6, 6.07) is 0. The van der Waals surface area contributed by atoms with E-state index in [1.807, 2.05) is 0 Å². The van der Waals surface area contributed by atoms with Crippen molar-refractivity contribution in [2.45, 2.75) is 47.9 Å². The van der Waals surface area contributed by atoms with Gasteiger partial charge in [0.2, 0.25) is 0 Å². The van der Waals surface area contributed by atoms with Crippen LogP contribution in [-0.4, -0.2) is 80.1 Å². The fraction of sp³-hybridized carbons (Fsp3) is 1.00. The van der Waals surface area contributed by atoms with E-state index in [0.29, 0.717) is 21.1 Å². The third-order valence-corrected chi connectivity index (χ3v) is 3.40. The van der Waals surface area contributed by atoms with Crippen LogP contribution in [0, 0.1) is 0 Å². The van der Waals surface area contributed by atoms with Gasteiger partial charge in [-0.1, -0.05) is 0 Å². The third-order valence-electron chi connectivity index (χ3n) is 3.40. The molecule has 0 fully saturated rings. The summed E-state index contributed by atoms with van der Waals surface area (Å²) < 4.78 is 207. The Kier molecular flexibility index (Phi) is 6.66. The highest BCUT2D eigenvalue weighted by atomic mass is 19.4. The smallest absolute Gasteiger partial charge is 0.326 e. The highest BCUT2D eigenvalue weighted by Gasteiger charge is 2.93. The standard InChI is InChI=1S/C12H12F16N/c1-29(2,3)4-6(15,16)8(19,20)10(23,24)12(27,28)11(25,26)9(21,22)7(17,18)5(13)14/h5H,4H2,1-3H3/q+1. The summed E-state index contributed by atoms with van der Waals surface area (Å²) in [4.78, 5) is 0. The first-order valence-corrected chi connectivity index (χ1v) is 6.88. The van der Waals surface area contributed by atoms with E-state index in [9.17, 15) is 70.2 Å². The fourth-order valence-corrected chi connectivity index (χ4v) is 1.86. The molecular formula is C12H12F16N+. The average Bonchev–Trinajstić information content (AvgIpc) is 2.43. The van der Waals surface area contributed by atoms with Gasteiger partial charge in [-0.05, 0) is 0 Å². The van der Waals surface area contributed by atoms with Gasteiger partial charge in [-0.15, -0.1) is 0 Å². The fourth-order valence-electron chi connectivity index (χ4n) is 1.86. The molecular weight excluding hydrogens is 462 g/mol. The molecule has 0 heterocycles. The number of hydrogen-bond donors (Lipinski definition) is 0. The minimum atomic E-state index is -8.33. The number of halogens is 16. The van der Waals surface area contributed by atoms with E-state index in [0.717, 1.165) is 0 Å². The summed E-state index contributed by atoms with van der Waals surface area (Å²) in [7, 11) is 1.89. The first-order valence-electron chi connectivity index (χ1n) is 6.88. The zero-order valence-corrected chi connectivity index (χ0v) is 14.3. The van der Waals surface area contributed by atoms with Gasteiger partial charge in [0.1, 0.15) is 6.54 Å². The monoisotopic (exact) mass is 474 g/mol. The molecule has 0 amide bonds. The van der Waals surface area contributed by atoms with Crippen molar-refractivity contribution in [2.75, 3.05) is 27.7 Å². The summed E-state index contributed by atoms with van der Waals surface area (Å²) in [5, 5.41) is 0. The summed E-state index contributed by atoms with van der Waals surface area (Å²) in [5.41, 5.74) is 0. The van der Waals surface area contributed by atoms with Gasteiger partial charge in [-0.2, -0.15) is 61.5 Å². The second kappa shape index (κ2) is 6.93. The van der Waals surface area contributed by atoms with Crippen LogP contribution in [-0.2, 0) is 0 Å². The zero-order chi connectivity index (χ0) is 24.3. The first-order chi connectivity index (χ1) is 12.2. The lowest BCUT2D eigenvalue weighted by atomic mass is 9.89. The van der Waals surface area contributed by atoms with Crippen LogP contribution in [0.1, 0.15) is 0 Å². The van der Waals surface area contributed by atoms with Crippen molar-refractivity contribution < 1.29 is 74.7 Å². The molecule has 29 heavy (non-hydrogen) atoms. The molecule has 0 bridgehead atoms. The lowest BCUT2D eigenvalue weighted by Crippen LogP contribution is -2.74. The molecule has 0 unspecified atom stereocenters. The van der Waals surface area contributed by atoms with Crippen LogP contribution in [0.3, 0.4) is 0 Å². The van der Waals surface area contributed by atoms with E-state index in [-0.39, 0.29) is 0 Å². The topological polar surface area (TPSA) is 0 Å². The lowest BCUT2D eigenvalue weighted by molar-refractivity contribution is -0.880. The molecule has 1 nitrogen and oxygen atoms in total. The van der Waals surface area contributed by atoms with Crippen LogP contribution in [0.5, 0.6) is 0 Å². The van der Waals surface area contributed by atoms with Crippen molar-refractivity contribution >= 4 is 0 Å². The van der Waals surface area contributed by atoms with Crippen molar-refractivity contribution in [3.8, 4) is 0 Å². The first kappa shape index (κ1) is 27.8. The van der Waals surface area contributed by atoms with Crippen LogP contribution in [0.2, 0.25) is 0 Å². The molecule has 0 aliphatic carbocycles. The summed E-state index contributed by atoms with van der Waals surface area (Å²) in [6.07, 6.45) is -5.84. The number of rotatable bonds is 9. The molecule has 0 aromatic heterocycles. The maximum absolute atomic E-state index is 13.5. The molecule has 0 aromatic rings. The van der Waals surface area contributed by atoms with Crippen molar-refractivity contribution in [1.29, 1.82) is 0 Å². The Morgan fingerprint density at radius 3 is 1.07 bits per heavy atom. The molecule has 0 saturated carbocycles. The van der Waals surface area contributed by atoms with Crippen LogP contribution in [0.25, 0.3) is 0 Å². The summed E-state index contributed by atoms with van der Waals surface area (Å²) >= 11 is 0. The van der Waals surface area contributed by atoms with Crippen LogP contribution < -0.4 is 0 Å². The van der Waals surface area contributed by atoms with E-state index in [4.69, 9.17) is 0 Å². The summed E-state index contributed by atoms with van der Waals surface area (Å²) in [5.74, 6) is -54.0. The Hall–Kier alpha value is -1.16. The maximum Gasteiger partial charge on any atom is 0.385 e. The SMILES string of the molecule is C[N+](C)(C)CC(F)(F)C(F)(F)C(F)(F)C(F)(F)C(F)(F)C(F)(F)C(F)(F)C(F)F. The third kappa shape index (κ3) is 3.94. The van der Waals surface area contributed by atoms with E-state index in [1.54, 1.807) is 0 Å². The second-order valence-electron chi connectivity index (χ2n) is 6.95. The maximum atomic E-state index is 13.5. The minimum Gasteiger partial charge on any atom is -0.326 e. The highest BCUT2D eigenvalue weighted by Crippen LogP contribution is 2.62. The molecule has 0 radical (unpaired) electrons. The Morgan fingerprint density at radius 2 is 0.793 bits per heavy atom. The number of alkyl halides is 16. The predicted octanol–water partition coefficient (Wildman–Crippen LogP) is 5.40. The van der Waals surface area contributed by atoms with Gasteiger partial charge in [-0.3, -0.25) is 0 Å². The number of hydrogen-bond acceptors (Lipinski definition) is 0. The normalized spacial score (nSPS) is 16.6. The zero-order valence-electron chi connectivity index (χ0n) is 14.3. The molecule has 0 aliphatic heterocycles. The lowest BCUT2D eigenvalue weighted by Gasteiger charge is -2.43. The number of nitrogens with zero attached hydrogens (tertiary/aromatic N) is 1. The molecule has 17 heteroatoms. The Labute approximate surface area is 151 Å². The van der Waals surface area contributed by atoms with Crippen molar-refractivity contribution in [2.24, 2.45) is 0 Å². The molecule has 0 aliphatic rings. The summed E-state index contributed by atoms with van der Waals surface area (Å²) in [6.45, 7) is -2.43. The van der Waals surface area contributed by atoms with Gasteiger partial charge in [-0.25, -0.2) is 8.78 Å². The Morgan fingerprint density at radius 1 is 0.517 bits per heavy atom. The quantitative estimate of drug-likeness (QED) is 0.310. The van der Waals surface area contributed by atoms with E-state index in [1.165, 1.54) is 0 Å². The van der Waals surface area contributed by atoms with Gasteiger partial charge < -0.3 is 4.48 Å². The molecule has 0 N–H and O–H groups in total. The van der Waals surface area contributed by atoms with Crippen LogP contribution in [0.15, 0.2) is 0 Å². The molecule has 0 rings (SSSR count). The molecule has 0 spiro atoms. The Bertz CT molecular complexity index is 587. The minimum absolute atomic E-state index is 0.631. The average molecular weight is 474 g/mol. The predicted molar refractivity (Wildman–Crippen MR) is 63.5 cm³/mol. The number of quaternary nitrogens is 1. The molecule has 0 saturated heterocycles. The van der Waals surface area contributed by atoms with Crippen molar-refractivity contribution in [3.63, 3.8) is 0 Å². The van der Waals surface area contributed by atoms with E-state index >= 15 is 0 Å². The van der Waals surface area contributed by atoms with Gasteiger partial charge in [0, 0.05) is 0 Å². The van der Waals surface area contributed by atoms with Gasteiger partial charge in [0.05, 0.1) is 21.1 Å². The van der Waals surface area contributed by atoms with Gasteiger partial charge in [0.25, 0.3) is 0 Å². The van der Waals surface area contributed by atoms with Gasteiger partial charge >= 0.3 is 47.9 Å². The van der Waals surface area contributed by atoms with E-state index in [2.05, 4.69) is 0 Å². The highest BCUT2D eigenvalue weighted by molar-refractivity contribution is 5.14. The Balaban J connectivity index is 6.60. The molecule has 0 atom stereocenters. The van der Waals surface area contributed by atoms with Crippen molar-refractivity contribution in [1.82, 2.24) is 0 Å². The molecule has 176 valence electrons. The van der Waals surface area contributed by atoms with Crippen LogP contribution >= 0.6 is 0 Å². The van der Waals surface area contributed by atoms with Crippen LogP contribution in [0.4, 0.5) is 70.2 Å². The second-order valence-corrected chi connectivity index (χ2v) is 6.95.